The number of carbonyl (C=O) groups is 1. The maximum Gasteiger partial charge on any atom is 0.269 e. The molecule has 1 N–H and O–H groups in total. The van der Waals surface area contributed by atoms with Crippen LogP contribution in [-0.4, -0.2) is 33.8 Å². The molecule has 3 rings (SSSR count). The van der Waals surface area contributed by atoms with Gasteiger partial charge in [0.2, 0.25) is 5.91 Å². The van der Waals surface area contributed by atoms with Crippen molar-refractivity contribution >= 4 is 34.1 Å². The van der Waals surface area contributed by atoms with Gasteiger partial charge in [0.1, 0.15) is 0 Å². The molecule has 1 aromatic carbocycles. The van der Waals surface area contributed by atoms with Gasteiger partial charge in [-0.15, -0.1) is 11.3 Å². The van der Waals surface area contributed by atoms with Crippen molar-refractivity contribution in [1.29, 1.82) is 0 Å². The summed E-state index contributed by atoms with van der Waals surface area (Å²) in [5.74, 6) is -0.264. The van der Waals surface area contributed by atoms with Crippen molar-refractivity contribution in [2.45, 2.75) is 26.3 Å². The summed E-state index contributed by atoms with van der Waals surface area (Å²) >= 11 is 1.53. The highest BCUT2D eigenvalue weighted by molar-refractivity contribution is 7.15. The lowest BCUT2D eigenvalue weighted by Crippen LogP contribution is -2.30. The third-order valence-electron chi connectivity index (χ3n) is 4.11. The molecule has 0 fully saturated rings. The van der Waals surface area contributed by atoms with E-state index in [1.165, 1.54) is 34.4 Å². The maximum absolute atomic E-state index is 12.1. The van der Waals surface area contributed by atoms with Crippen molar-refractivity contribution in [1.82, 2.24) is 9.88 Å². The van der Waals surface area contributed by atoms with Crippen LogP contribution in [0.25, 0.3) is 6.08 Å². The molecule has 1 aromatic heterocycles. The normalized spacial score (nSPS) is 14.3. The maximum atomic E-state index is 12.1. The minimum absolute atomic E-state index is 0.0251. The highest BCUT2D eigenvalue weighted by Crippen LogP contribution is 2.28. The van der Waals surface area contributed by atoms with Crippen molar-refractivity contribution in [2.24, 2.45) is 0 Å². The zero-order valence-electron chi connectivity index (χ0n) is 14.5. The molecule has 8 heteroatoms. The summed E-state index contributed by atoms with van der Waals surface area (Å²) in [6.07, 6.45) is 5.08. The summed E-state index contributed by atoms with van der Waals surface area (Å²) in [6.45, 7) is 5.16. The topological polar surface area (TPSA) is 88.4 Å². The zero-order chi connectivity index (χ0) is 18.5. The SMILES string of the molecule is CCCN1CCc2nc(NC(=O)/C=C\c3ccc([N+](=O)[O-])cc3)sc2C1. The Morgan fingerprint density at radius 3 is 2.88 bits per heavy atom. The number of benzene rings is 1. The molecule has 0 saturated heterocycles. The van der Waals surface area contributed by atoms with Crippen LogP contribution in [0.3, 0.4) is 0 Å². The lowest BCUT2D eigenvalue weighted by molar-refractivity contribution is -0.384. The molecular formula is C18H20N4O3S. The number of hydrogen-bond acceptors (Lipinski definition) is 6. The van der Waals surface area contributed by atoms with E-state index in [1.54, 1.807) is 18.2 Å². The van der Waals surface area contributed by atoms with Crippen molar-refractivity contribution in [2.75, 3.05) is 18.4 Å². The molecule has 1 aliphatic heterocycles. The molecule has 1 aliphatic rings. The quantitative estimate of drug-likeness (QED) is 0.476. The number of carbonyl (C=O) groups excluding carboxylic acids is 1. The molecule has 2 aromatic rings. The van der Waals surface area contributed by atoms with Crippen LogP contribution in [0.2, 0.25) is 0 Å². The standard InChI is InChI=1S/C18H20N4O3S/c1-2-10-21-11-9-15-16(12-21)26-18(19-15)20-17(23)8-5-13-3-6-14(7-4-13)22(24)25/h3-8H,2,9-12H2,1H3,(H,19,20,23)/b8-5-. The molecule has 0 atom stereocenters. The Bertz CT molecular complexity index is 829. The van der Waals surface area contributed by atoms with Gasteiger partial charge in [0.05, 0.1) is 10.6 Å². The molecule has 2 heterocycles. The van der Waals surface area contributed by atoms with E-state index in [2.05, 4.69) is 22.1 Å². The number of nitrogens with one attached hydrogen (secondary N) is 1. The first kappa shape index (κ1) is 18.2. The Kier molecular flexibility index (Phi) is 5.75. The summed E-state index contributed by atoms with van der Waals surface area (Å²) in [5, 5.41) is 14.1. The summed E-state index contributed by atoms with van der Waals surface area (Å²) < 4.78 is 0. The fourth-order valence-corrected chi connectivity index (χ4v) is 3.89. The Hall–Kier alpha value is -2.58. The van der Waals surface area contributed by atoms with E-state index >= 15 is 0 Å². The van der Waals surface area contributed by atoms with E-state index in [4.69, 9.17) is 0 Å². The number of non-ortho nitro benzene ring substituents is 1. The number of fused-ring (bicyclic) bond motifs is 1. The smallest absolute Gasteiger partial charge is 0.269 e. The van der Waals surface area contributed by atoms with E-state index in [9.17, 15) is 14.9 Å². The average Bonchev–Trinajstić information content (AvgIpc) is 3.02. The predicted octanol–water partition coefficient (Wildman–Crippen LogP) is 3.47. The molecule has 0 bridgehead atoms. The first-order chi connectivity index (χ1) is 12.5. The molecule has 0 spiro atoms. The minimum Gasteiger partial charge on any atom is -0.298 e. The third-order valence-corrected chi connectivity index (χ3v) is 5.11. The van der Waals surface area contributed by atoms with Crippen LogP contribution >= 0.6 is 11.3 Å². The molecular weight excluding hydrogens is 352 g/mol. The van der Waals surface area contributed by atoms with Crippen LogP contribution < -0.4 is 5.32 Å². The van der Waals surface area contributed by atoms with Gasteiger partial charge in [-0.05, 0) is 36.7 Å². The third kappa shape index (κ3) is 4.53. The summed E-state index contributed by atoms with van der Waals surface area (Å²) in [5.41, 5.74) is 1.83. The zero-order valence-corrected chi connectivity index (χ0v) is 15.3. The van der Waals surface area contributed by atoms with E-state index in [0.717, 1.165) is 43.7 Å². The van der Waals surface area contributed by atoms with Crippen LogP contribution in [0.1, 0.15) is 29.5 Å². The van der Waals surface area contributed by atoms with Gasteiger partial charge in [0, 0.05) is 42.6 Å². The van der Waals surface area contributed by atoms with Gasteiger partial charge in [-0.1, -0.05) is 6.92 Å². The molecule has 26 heavy (non-hydrogen) atoms. The van der Waals surface area contributed by atoms with Gasteiger partial charge in [-0.2, -0.15) is 0 Å². The Balaban J connectivity index is 1.59. The van der Waals surface area contributed by atoms with Crippen LogP contribution in [0.4, 0.5) is 10.8 Å². The molecule has 1 amide bonds. The van der Waals surface area contributed by atoms with Crippen molar-refractivity contribution in [3.05, 3.63) is 56.6 Å². The highest BCUT2D eigenvalue weighted by Gasteiger charge is 2.20. The Morgan fingerprint density at radius 1 is 1.42 bits per heavy atom. The van der Waals surface area contributed by atoms with Gasteiger partial charge in [-0.25, -0.2) is 4.98 Å². The van der Waals surface area contributed by atoms with E-state index in [1.807, 2.05) is 0 Å². The van der Waals surface area contributed by atoms with Crippen molar-refractivity contribution < 1.29 is 9.72 Å². The highest BCUT2D eigenvalue weighted by atomic mass is 32.1. The summed E-state index contributed by atoms with van der Waals surface area (Å²) in [6, 6.07) is 6.03. The largest absolute Gasteiger partial charge is 0.298 e. The Morgan fingerprint density at radius 2 is 2.19 bits per heavy atom. The molecule has 0 unspecified atom stereocenters. The molecule has 7 nitrogen and oxygen atoms in total. The van der Waals surface area contributed by atoms with Gasteiger partial charge in [0.15, 0.2) is 5.13 Å². The fourth-order valence-electron chi connectivity index (χ4n) is 2.84. The first-order valence-electron chi connectivity index (χ1n) is 8.49. The second kappa shape index (κ2) is 8.20. The van der Waals surface area contributed by atoms with Crippen LogP contribution in [0.15, 0.2) is 30.3 Å². The summed E-state index contributed by atoms with van der Waals surface area (Å²) in [7, 11) is 0. The predicted molar refractivity (Wildman–Crippen MR) is 102 cm³/mol. The molecule has 136 valence electrons. The van der Waals surface area contributed by atoms with Gasteiger partial charge in [-0.3, -0.25) is 25.1 Å². The average molecular weight is 372 g/mol. The number of hydrogen-bond donors (Lipinski definition) is 1. The number of amides is 1. The number of anilines is 1. The number of thiazole rings is 1. The number of aromatic nitrogens is 1. The molecule has 0 aliphatic carbocycles. The second-order valence-corrected chi connectivity index (χ2v) is 7.17. The van der Waals surface area contributed by atoms with E-state index in [-0.39, 0.29) is 11.6 Å². The molecule has 0 saturated carbocycles. The lowest BCUT2D eigenvalue weighted by Gasteiger charge is -2.24. The summed E-state index contributed by atoms with van der Waals surface area (Å²) in [4.78, 5) is 30.4. The fraction of sp³-hybridized carbons (Fsp3) is 0.333. The van der Waals surface area contributed by atoms with Crippen LogP contribution in [-0.2, 0) is 17.8 Å². The van der Waals surface area contributed by atoms with Gasteiger partial charge >= 0.3 is 0 Å². The number of nitro groups is 1. The van der Waals surface area contributed by atoms with Crippen LogP contribution in [0, 0.1) is 10.1 Å². The lowest BCUT2D eigenvalue weighted by atomic mass is 10.2. The van der Waals surface area contributed by atoms with Gasteiger partial charge < -0.3 is 0 Å². The Labute approximate surface area is 155 Å². The van der Waals surface area contributed by atoms with Gasteiger partial charge in [0.25, 0.3) is 5.69 Å². The van der Waals surface area contributed by atoms with E-state index in [0.29, 0.717) is 5.13 Å². The number of nitro benzene ring substituents is 1. The first-order valence-corrected chi connectivity index (χ1v) is 9.31. The van der Waals surface area contributed by atoms with Crippen molar-refractivity contribution in [3.63, 3.8) is 0 Å². The monoisotopic (exact) mass is 372 g/mol. The van der Waals surface area contributed by atoms with E-state index < -0.39 is 4.92 Å². The second-order valence-electron chi connectivity index (χ2n) is 6.09. The minimum atomic E-state index is -0.452. The van der Waals surface area contributed by atoms with Crippen molar-refractivity contribution in [3.8, 4) is 0 Å². The number of rotatable bonds is 6. The molecule has 0 radical (unpaired) electrons. The number of nitrogens with zero attached hydrogens (tertiary/aromatic N) is 3. The van der Waals surface area contributed by atoms with Crippen LogP contribution in [0.5, 0.6) is 0 Å².